The zero-order chi connectivity index (χ0) is 17.6. The second-order valence-electron chi connectivity index (χ2n) is 5.85. The molecule has 0 bridgehead atoms. The molecule has 6 heteroatoms. The number of aryl methyl sites for hydroxylation is 1. The zero-order valence-electron chi connectivity index (χ0n) is 14.6. The molecule has 0 fully saturated rings. The summed E-state index contributed by atoms with van der Waals surface area (Å²) in [6.07, 6.45) is 7.80. The lowest BCUT2D eigenvalue weighted by molar-refractivity contribution is 0.414. The van der Waals surface area contributed by atoms with Crippen LogP contribution in [0.3, 0.4) is 0 Å². The van der Waals surface area contributed by atoms with Crippen molar-refractivity contribution in [1.29, 1.82) is 0 Å². The van der Waals surface area contributed by atoms with E-state index in [1.807, 2.05) is 59.0 Å². The Hall–Kier alpha value is -2.86. The van der Waals surface area contributed by atoms with Gasteiger partial charge in [-0.3, -0.25) is 4.68 Å². The van der Waals surface area contributed by atoms with Crippen molar-refractivity contribution < 1.29 is 4.74 Å². The second-order valence-corrected chi connectivity index (χ2v) is 5.85. The molecule has 6 nitrogen and oxygen atoms in total. The molecule has 130 valence electrons. The lowest BCUT2D eigenvalue weighted by Crippen LogP contribution is -2.12. The van der Waals surface area contributed by atoms with Crippen molar-refractivity contribution in [3.8, 4) is 11.4 Å². The van der Waals surface area contributed by atoms with Crippen molar-refractivity contribution in [2.24, 2.45) is 0 Å². The minimum atomic E-state index is 0.730. The molecule has 0 radical (unpaired) electrons. The number of benzene rings is 1. The number of hydrogen-bond acceptors (Lipinski definition) is 4. The molecule has 0 saturated carbocycles. The van der Waals surface area contributed by atoms with Gasteiger partial charge in [0.2, 0.25) is 0 Å². The van der Waals surface area contributed by atoms with Gasteiger partial charge in [0.05, 0.1) is 31.2 Å². The van der Waals surface area contributed by atoms with Crippen LogP contribution < -0.4 is 10.1 Å². The molecule has 0 atom stereocenters. The number of nitrogens with zero attached hydrogens (tertiary/aromatic N) is 4. The Bertz CT molecular complexity index is 849. The highest BCUT2D eigenvalue weighted by atomic mass is 16.5. The number of rotatable bonds is 8. The van der Waals surface area contributed by atoms with Crippen molar-refractivity contribution in [3.05, 3.63) is 72.3 Å². The third kappa shape index (κ3) is 4.16. The van der Waals surface area contributed by atoms with Gasteiger partial charge in [-0.15, -0.1) is 6.58 Å². The summed E-state index contributed by atoms with van der Waals surface area (Å²) in [6.45, 7) is 8.01. The first kappa shape index (κ1) is 17.0. The van der Waals surface area contributed by atoms with Gasteiger partial charge in [0.25, 0.3) is 0 Å². The third-order valence-corrected chi connectivity index (χ3v) is 3.96. The maximum atomic E-state index is 5.26. The molecule has 25 heavy (non-hydrogen) atoms. The monoisotopic (exact) mass is 337 g/mol. The van der Waals surface area contributed by atoms with Gasteiger partial charge in [-0.2, -0.15) is 10.2 Å². The largest absolute Gasteiger partial charge is 0.497 e. The fraction of sp³-hybridized carbons (Fsp3) is 0.263. The molecule has 3 rings (SSSR count). The van der Waals surface area contributed by atoms with Gasteiger partial charge in [-0.25, -0.2) is 4.68 Å². The van der Waals surface area contributed by atoms with Gasteiger partial charge in [0.15, 0.2) is 0 Å². The molecular weight excluding hydrogens is 314 g/mol. The lowest BCUT2D eigenvalue weighted by atomic mass is 10.2. The normalized spacial score (nSPS) is 10.8. The maximum Gasteiger partial charge on any atom is 0.121 e. The van der Waals surface area contributed by atoms with Crippen LogP contribution in [0.4, 0.5) is 0 Å². The van der Waals surface area contributed by atoms with Gasteiger partial charge in [-0.1, -0.05) is 12.1 Å². The SMILES string of the molecule is C=CCn1cc(CNCc2cnn(-c3cccc(OC)c3)c2)c(C)n1. The van der Waals surface area contributed by atoms with Crippen LogP contribution in [-0.4, -0.2) is 26.7 Å². The summed E-state index contributed by atoms with van der Waals surface area (Å²) in [4.78, 5) is 0. The Morgan fingerprint density at radius 1 is 1.28 bits per heavy atom. The molecule has 0 aliphatic rings. The number of ether oxygens (including phenoxy) is 1. The topological polar surface area (TPSA) is 56.9 Å². The zero-order valence-corrected chi connectivity index (χ0v) is 14.6. The van der Waals surface area contributed by atoms with E-state index in [1.54, 1.807) is 7.11 Å². The Labute approximate surface area is 147 Å². The number of nitrogens with one attached hydrogen (secondary N) is 1. The number of aromatic nitrogens is 4. The standard InChI is InChI=1S/C19H23N5O/c1-4-8-23-14-17(15(2)22-23)12-20-10-16-11-21-24(13-16)18-6-5-7-19(9-18)25-3/h4-7,9,11,13-14,20H,1,8,10,12H2,2-3H3. The molecule has 3 aromatic rings. The first-order valence-corrected chi connectivity index (χ1v) is 8.22. The van der Waals surface area contributed by atoms with Crippen molar-refractivity contribution >= 4 is 0 Å². The lowest BCUT2D eigenvalue weighted by Gasteiger charge is -2.04. The summed E-state index contributed by atoms with van der Waals surface area (Å²) >= 11 is 0. The average Bonchev–Trinajstić information content (AvgIpc) is 3.23. The highest BCUT2D eigenvalue weighted by molar-refractivity contribution is 5.38. The Balaban J connectivity index is 1.59. The number of hydrogen-bond donors (Lipinski definition) is 1. The average molecular weight is 337 g/mol. The summed E-state index contributed by atoms with van der Waals surface area (Å²) in [5.41, 5.74) is 4.34. The summed E-state index contributed by atoms with van der Waals surface area (Å²) in [5, 5.41) is 12.3. The van der Waals surface area contributed by atoms with E-state index in [2.05, 4.69) is 28.3 Å². The highest BCUT2D eigenvalue weighted by Crippen LogP contribution is 2.16. The van der Waals surface area contributed by atoms with Crippen LogP contribution in [-0.2, 0) is 19.6 Å². The smallest absolute Gasteiger partial charge is 0.121 e. The fourth-order valence-electron chi connectivity index (χ4n) is 2.65. The van der Waals surface area contributed by atoms with E-state index in [-0.39, 0.29) is 0 Å². The van der Waals surface area contributed by atoms with Crippen LogP contribution in [0.1, 0.15) is 16.8 Å². The van der Waals surface area contributed by atoms with E-state index < -0.39 is 0 Å². The predicted molar refractivity (Wildman–Crippen MR) is 97.8 cm³/mol. The molecular formula is C19H23N5O. The van der Waals surface area contributed by atoms with Gasteiger partial charge in [0.1, 0.15) is 5.75 Å². The first-order valence-electron chi connectivity index (χ1n) is 8.22. The van der Waals surface area contributed by atoms with Gasteiger partial charge < -0.3 is 10.1 Å². The first-order chi connectivity index (χ1) is 12.2. The Morgan fingerprint density at radius 2 is 2.16 bits per heavy atom. The Kier molecular flexibility index (Phi) is 5.30. The molecule has 0 aliphatic heterocycles. The maximum absolute atomic E-state index is 5.26. The minimum absolute atomic E-state index is 0.730. The molecule has 1 N–H and O–H groups in total. The molecule has 0 aliphatic carbocycles. The van der Waals surface area contributed by atoms with Crippen molar-refractivity contribution in [2.75, 3.05) is 7.11 Å². The van der Waals surface area contributed by atoms with Crippen LogP contribution in [0.25, 0.3) is 5.69 Å². The number of allylic oxidation sites excluding steroid dienone is 1. The molecule has 1 aromatic carbocycles. The van der Waals surface area contributed by atoms with E-state index in [0.29, 0.717) is 0 Å². The predicted octanol–water partition coefficient (Wildman–Crippen LogP) is 2.86. The third-order valence-electron chi connectivity index (χ3n) is 3.96. The van der Waals surface area contributed by atoms with Gasteiger partial charge >= 0.3 is 0 Å². The summed E-state index contributed by atoms with van der Waals surface area (Å²) in [7, 11) is 1.66. The molecule has 0 amide bonds. The summed E-state index contributed by atoms with van der Waals surface area (Å²) < 4.78 is 9.02. The summed E-state index contributed by atoms with van der Waals surface area (Å²) in [5.74, 6) is 0.819. The quantitative estimate of drug-likeness (QED) is 0.642. The van der Waals surface area contributed by atoms with Gasteiger partial charge in [-0.05, 0) is 19.1 Å². The number of methoxy groups -OCH3 is 1. The Morgan fingerprint density at radius 3 is 2.96 bits per heavy atom. The van der Waals surface area contributed by atoms with Crippen LogP contribution in [0.5, 0.6) is 5.75 Å². The van der Waals surface area contributed by atoms with E-state index in [1.165, 1.54) is 5.56 Å². The van der Waals surface area contributed by atoms with Crippen molar-refractivity contribution in [1.82, 2.24) is 24.9 Å². The van der Waals surface area contributed by atoms with Crippen LogP contribution in [0.15, 0.2) is 55.5 Å². The van der Waals surface area contributed by atoms with Crippen LogP contribution in [0.2, 0.25) is 0 Å². The molecule has 2 heterocycles. The fourth-order valence-corrected chi connectivity index (χ4v) is 2.65. The molecule has 2 aromatic heterocycles. The van der Waals surface area contributed by atoms with Crippen LogP contribution in [0, 0.1) is 6.92 Å². The van der Waals surface area contributed by atoms with E-state index in [9.17, 15) is 0 Å². The van der Waals surface area contributed by atoms with Crippen LogP contribution >= 0.6 is 0 Å². The molecule has 0 saturated heterocycles. The van der Waals surface area contributed by atoms with E-state index >= 15 is 0 Å². The second kappa shape index (κ2) is 7.81. The molecule has 0 spiro atoms. The van der Waals surface area contributed by atoms with Gasteiger partial charge in [0, 0.05) is 42.7 Å². The van der Waals surface area contributed by atoms with E-state index in [4.69, 9.17) is 4.74 Å². The molecule has 0 unspecified atom stereocenters. The van der Waals surface area contributed by atoms with Crippen molar-refractivity contribution in [3.63, 3.8) is 0 Å². The minimum Gasteiger partial charge on any atom is -0.497 e. The van der Waals surface area contributed by atoms with E-state index in [0.717, 1.165) is 42.3 Å². The van der Waals surface area contributed by atoms with Crippen molar-refractivity contribution in [2.45, 2.75) is 26.6 Å². The summed E-state index contributed by atoms with van der Waals surface area (Å²) in [6, 6.07) is 7.84. The highest BCUT2D eigenvalue weighted by Gasteiger charge is 2.05.